The smallest absolute Gasteiger partial charge is 0.344 e. The lowest BCUT2D eigenvalue weighted by Crippen LogP contribution is -2.28. The summed E-state index contributed by atoms with van der Waals surface area (Å²) in [6, 6.07) is 8.81. The van der Waals surface area contributed by atoms with E-state index >= 15 is 0 Å². The van der Waals surface area contributed by atoms with Crippen LogP contribution in [0.5, 0.6) is 0 Å². The predicted molar refractivity (Wildman–Crippen MR) is 76.9 cm³/mol. The minimum atomic E-state index is -0.839. The van der Waals surface area contributed by atoms with Gasteiger partial charge < -0.3 is 9.64 Å². The summed E-state index contributed by atoms with van der Waals surface area (Å²) in [5.41, 5.74) is 0.681. The highest BCUT2D eigenvalue weighted by Crippen LogP contribution is 2.31. The van der Waals surface area contributed by atoms with Gasteiger partial charge in [-0.3, -0.25) is 9.59 Å². The summed E-state index contributed by atoms with van der Waals surface area (Å²) < 4.78 is 4.90. The first kappa shape index (κ1) is 14.7. The Morgan fingerprint density at radius 3 is 2.52 bits per heavy atom. The van der Waals surface area contributed by atoms with E-state index in [1.54, 1.807) is 31.2 Å². The van der Waals surface area contributed by atoms with Crippen molar-refractivity contribution >= 4 is 23.4 Å². The predicted octanol–water partition coefficient (Wildman–Crippen LogP) is 1.56. The van der Waals surface area contributed by atoms with E-state index in [-0.39, 0.29) is 24.4 Å². The van der Waals surface area contributed by atoms with Crippen molar-refractivity contribution in [2.45, 2.75) is 6.92 Å². The van der Waals surface area contributed by atoms with Crippen LogP contribution in [0.15, 0.2) is 48.6 Å². The molecule has 21 heavy (non-hydrogen) atoms. The fourth-order valence-corrected chi connectivity index (χ4v) is 2.17. The second-order valence-electron chi connectivity index (χ2n) is 4.34. The fraction of sp³-hybridized carbons (Fsp3) is 0.188. The van der Waals surface area contributed by atoms with Gasteiger partial charge in [0.25, 0.3) is 11.7 Å². The minimum Gasteiger partial charge on any atom is -0.462 e. The highest BCUT2D eigenvalue weighted by molar-refractivity contribution is 6.54. The SMILES string of the molecule is C=CCN1C(=O)C(=O)C(C(=O)OCC)=C1c1ccccc1. The Morgan fingerprint density at radius 1 is 1.29 bits per heavy atom. The summed E-state index contributed by atoms with van der Waals surface area (Å²) in [7, 11) is 0. The molecule has 1 aromatic carbocycles. The number of benzene rings is 1. The molecule has 1 aliphatic heterocycles. The van der Waals surface area contributed by atoms with Gasteiger partial charge in [0.05, 0.1) is 12.3 Å². The van der Waals surface area contributed by atoms with Crippen molar-refractivity contribution in [2.24, 2.45) is 0 Å². The summed E-state index contributed by atoms with van der Waals surface area (Å²) in [6.45, 7) is 5.50. The quantitative estimate of drug-likeness (QED) is 0.356. The van der Waals surface area contributed by atoms with Gasteiger partial charge in [-0.25, -0.2) is 4.79 Å². The number of nitrogens with zero attached hydrogens (tertiary/aromatic N) is 1. The normalized spacial score (nSPS) is 14.6. The maximum atomic E-state index is 12.1. The Kier molecular flexibility index (Phi) is 4.33. The van der Waals surface area contributed by atoms with Crippen LogP contribution in [0.2, 0.25) is 0 Å². The number of ether oxygens (including phenoxy) is 1. The van der Waals surface area contributed by atoms with Gasteiger partial charge in [0.2, 0.25) is 0 Å². The van der Waals surface area contributed by atoms with Crippen molar-refractivity contribution in [2.75, 3.05) is 13.2 Å². The van der Waals surface area contributed by atoms with E-state index in [2.05, 4.69) is 6.58 Å². The summed E-state index contributed by atoms with van der Waals surface area (Å²) in [4.78, 5) is 37.5. The standard InChI is InChI=1S/C16H15NO4/c1-3-10-17-13(11-8-6-5-7-9-11)12(14(18)15(17)19)16(20)21-4-2/h3,5-9H,1,4,10H2,2H3. The summed E-state index contributed by atoms with van der Waals surface area (Å²) in [6.07, 6.45) is 1.50. The molecule has 1 aromatic rings. The molecule has 0 saturated carbocycles. The molecule has 0 fully saturated rings. The van der Waals surface area contributed by atoms with E-state index in [0.717, 1.165) is 0 Å². The summed E-state index contributed by atoms with van der Waals surface area (Å²) >= 11 is 0. The molecular weight excluding hydrogens is 270 g/mol. The zero-order valence-corrected chi connectivity index (χ0v) is 11.7. The molecule has 0 unspecified atom stereocenters. The number of Topliss-reactive ketones (excluding diaryl/α,β-unsaturated/α-hetero) is 1. The van der Waals surface area contributed by atoms with E-state index in [1.165, 1.54) is 11.0 Å². The average molecular weight is 285 g/mol. The van der Waals surface area contributed by atoms with E-state index < -0.39 is 17.7 Å². The molecule has 0 bridgehead atoms. The van der Waals surface area contributed by atoms with Crippen LogP contribution in [0.4, 0.5) is 0 Å². The molecule has 0 saturated heterocycles. The van der Waals surface area contributed by atoms with E-state index in [4.69, 9.17) is 4.74 Å². The van der Waals surface area contributed by atoms with Gasteiger partial charge in [-0.1, -0.05) is 36.4 Å². The number of esters is 1. The molecule has 1 heterocycles. The molecule has 0 aromatic heterocycles. The van der Waals surface area contributed by atoms with Gasteiger partial charge in [0.1, 0.15) is 5.57 Å². The Labute approximate surface area is 122 Å². The number of hydrogen-bond donors (Lipinski definition) is 0. The maximum absolute atomic E-state index is 12.1. The number of rotatable bonds is 5. The lowest BCUT2D eigenvalue weighted by atomic mass is 10.1. The Balaban J connectivity index is 2.61. The lowest BCUT2D eigenvalue weighted by molar-refractivity contribution is -0.143. The van der Waals surface area contributed by atoms with Crippen LogP contribution in [0, 0.1) is 0 Å². The highest BCUT2D eigenvalue weighted by atomic mass is 16.5. The van der Waals surface area contributed by atoms with Crippen molar-refractivity contribution in [3.05, 3.63) is 54.1 Å². The molecular formula is C16H15NO4. The average Bonchev–Trinajstić information content (AvgIpc) is 2.74. The Bertz CT molecular complexity index is 631. The number of carbonyl (C=O) groups excluding carboxylic acids is 3. The third-order valence-electron chi connectivity index (χ3n) is 3.01. The van der Waals surface area contributed by atoms with Crippen molar-refractivity contribution in [3.8, 4) is 0 Å². The molecule has 108 valence electrons. The highest BCUT2D eigenvalue weighted by Gasteiger charge is 2.42. The molecule has 0 aliphatic carbocycles. The lowest BCUT2D eigenvalue weighted by Gasteiger charge is -2.18. The van der Waals surface area contributed by atoms with E-state index in [0.29, 0.717) is 5.56 Å². The summed E-state index contributed by atoms with van der Waals surface area (Å²) in [5, 5.41) is 0. The largest absolute Gasteiger partial charge is 0.462 e. The first-order valence-corrected chi connectivity index (χ1v) is 6.55. The van der Waals surface area contributed by atoms with Crippen molar-refractivity contribution < 1.29 is 19.1 Å². The molecule has 0 N–H and O–H groups in total. The first-order valence-electron chi connectivity index (χ1n) is 6.55. The maximum Gasteiger partial charge on any atom is 0.344 e. The zero-order valence-electron chi connectivity index (χ0n) is 11.7. The van der Waals surface area contributed by atoms with Crippen LogP contribution in [0.1, 0.15) is 12.5 Å². The number of hydrogen-bond acceptors (Lipinski definition) is 4. The Hall–Kier alpha value is -2.69. The van der Waals surface area contributed by atoms with Gasteiger partial charge in [-0.2, -0.15) is 0 Å². The number of carbonyl (C=O) groups is 3. The van der Waals surface area contributed by atoms with Crippen molar-refractivity contribution in [3.63, 3.8) is 0 Å². The second-order valence-corrected chi connectivity index (χ2v) is 4.34. The van der Waals surface area contributed by atoms with Crippen LogP contribution in [-0.4, -0.2) is 35.7 Å². The van der Waals surface area contributed by atoms with Gasteiger partial charge in [-0.05, 0) is 12.5 Å². The van der Waals surface area contributed by atoms with Crippen LogP contribution in [0.3, 0.4) is 0 Å². The summed E-state index contributed by atoms with van der Waals surface area (Å²) in [5.74, 6) is -2.35. The molecule has 0 spiro atoms. The molecule has 0 atom stereocenters. The Morgan fingerprint density at radius 2 is 1.95 bits per heavy atom. The van der Waals surface area contributed by atoms with Gasteiger partial charge in [0.15, 0.2) is 0 Å². The molecule has 1 amide bonds. The van der Waals surface area contributed by atoms with Crippen molar-refractivity contribution in [1.82, 2.24) is 4.90 Å². The molecule has 5 heteroatoms. The molecule has 2 rings (SSSR count). The van der Waals surface area contributed by atoms with Gasteiger partial charge in [-0.15, -0.1) is 6.58 Å². The third-order valence-corrected chi connectivity index (χ3v) is 3.01. The first-order chi connectivity index (χ1) is 10.1. The van der Waals surface area contributed by atoms with Crippen molar-refractivity contribution in [1.29, 1.82) is 0 Å². The molecule has 1 aliphatic rings. The van der Waals surface area contributed by atoms with E-state index in [1.807, 2.05) is 6.07 Å². The van der Waals surface area contributed by atoms with Crippen LogP contribution in [-0.2, 0) is 19.1 Å². The second kappa shape index (κ2) is 6.17. The number of ketones is 1. The minimum absolute atomic E-state index is 0.132. The number of amides is 1. The van der Waals surface area contributed by atoms with Crippen LogP contribution in [0.25, 0.3) is 5.70 Å². The fourth-order valence-electron chi connectivity index (χ4n) is 2.17. The van der Waals surface area contributed by atoms with E-state index in [9.17, 15) is 14.4 Å². The van der Waals surface area contributed by atoms with Crippen LogP contribution >= 0.6 is 0 Å². The van der Waals surface area contributed by atoms with Gasteiger partial charge >= 0.3 is 5.97 Å². The van der Waals surface area contributed by atoms with Gasteiger partial charge in [0, 0.05) is 6.54 Å². The molecule has 0 radical (unpaired) electrons. The topological polar surface area (TPSA) is 63.7 Å². The van der Waals surface area contributed by atoms with Crippen LogP contribution < -0.4 is 0 Å². The third kappa shape index (κ3) is 2.63. The zero-order chi connectivity index (χ0) is 15.4. The monoisotopic (exact) mass is 285 g/mol. The molecule has 5 nitrogen and oxygen atoms in total.